The number of benzene rings is 1. The molecule has 0 aliphatic heterocycles. The summed E-state index contributed by atoms with van der Waals surface area (Å²) in [5.74, 6) is 3.03. The zero-order chi connectivity index (χ0) is 19.5. The van der Waals surface area contributed by atoms with Gasteiger partial charge in [-0.2, -0.15) is 4.98 Å². The average molecular weight is 401 g/mol. The maximum absolute atomic E-state index is 12.9. The lowest BCUT2D eigenvalue weighted by molar-refractivity contribution is 0.285. The van der Waals surface area contributed by atoms with Gasteiger partial charge in [0.15, 0.2) is 17.6 Å². The molecule has 0 atom stereocenters. The molecule has 0 bridgehead atoms. The first-order valence-corrected chi connectivity index (χ1v) is 9.35. The van der Waals surface area contributed by atoms with E-state index in [-0.39, 0.29) is 12.4 Å². The Hall–Kier alpha value is -3.14. The third kappa shape index (κ3) is 3.91. The first kappa shape index (κ1) is 18.2. The maximum Gasteiger partial charge on any atom is 0.237 e. The van der Waals surface area contributed by atoms with Gasteiger partial charge in [-0.3, -0.25) is 0 Å². The van der Waals surface area contributed by atoms with Crippen molar-refractivity contribution in [3.05, 3.63) is 59.9 Å². The second-order valence-corrected chi connectivity index (χ2v) is 6.83. The average Bonchev–Trinajstić information content (AvgIpc) is 3.40. The second-order valence-electron chi connectivity index (χ2n) is 5.89. The lowest BCUT2D eigenvalue weighted by atomic mass is 10.2. The highest BCUT2D eigenvalue weighted by atomic mass is 32.2. The van der Waals surface area contributed by atoms with E-state index < -0.39 is 0 Å². The van der Waals surface area contributed by atoms with E-state index in [2.05, 4.69) is 20.3 Å². The van der Waals surface area contributed by atoms with Gasteiger partial charge in [-0.1, -0.05) is 16.9 Å². The van der Waals surface area contributed by atoms with Crippen LogP contribution in [0.15, 0.2) is 50.7 Å². The van der Waals surface area contributed by atoms with E-state index in [4.69, 9.17) is 13.7 Å². The van der Waals surface area contributed by atoms with Crippen molar-refractivity contribution in [2.45, 2.75) is 24.4 Å². The summed E-state index contributed by atoms with van der Waals surface area (Å²) < 4.78 is 30.8. The van der Waals surface area contributed by atoms with Gasteiger partial charge < -0.3 is 18.2 Å². The molecule has 1 aromatic carbocycles. The van der Waals surface area contributed by atoms with Crippen LogP contribution in [0.1, 0.15) is 17.5 Å². The van der Waals surface area contributed by atoms with E-state index in [0.29, 0.717) is 23.2 Å². The number of hydrogen-bond donors (Lipinski definition) is 0. The van der Waals surface area contributed by atoms with Crippen LogP contribution in [0.4, 0.5) is 4.39 Å². The van der Waals surface area contributed by atoms with Gasteiger partial charge in [0.1, 0.15) is 17.3 Å². The topological polar surface area (TPSA) is 92.0 Å². The largest absolute Gasteiger partial charge is 0.485 e. The molecule has 0 saturated carbocycles. The van der Waals surface area contributed by atoms with E-state index in [1.165, 1.54) is 23.9 Å². The third-order valence-electron chi connectivity index (χ3n) is 3.95. The number of aromatic nitrogens is 5. The minimum Gasteiger partial charge on any atom is -0.485 e. The molecule has 4 aromatic rings. The molecule has 144 valence electrons. The molecule has 0 radical (unpaired) electrons. The van der Waals surface area contributed by atoms with Gasteiger partial charge >= 0.3 is 0 Å². The van der Waals surface area contributed by atoms with Crippen molar-refractivity contribution in [1.82, 2.24) is 24.9 Å². The highest BCUT2D eigenvalue weighted by Crippen LogP contribution is 2.27. The van der Waals surface area contributed by atoms with Crippen LogP contribution in [0, 0.1) is 12.7 Å². The van der Waals surface area contributed by atoms with Gasteiger partial charge in [0.05, 0.1) is 17.6 Å². The molecule has 0 amide bonds. The Morgan fingerprint density at radius 3 is 2.75 bits per heavy atom. The summed E-state index contributed by atoms with van der Waals surface area (Å²) in [6.45, 7) is 2.01. The molecule has 0 unspecified atom stereocenters. The molecule has 0 aliphatic rings. The van der Waals surface area contributed by atoms with E-state index in [9.17, 15) is 4.39 Å². The molecule has 0 aliphatic carbocycles. The van der Waals surface area contributed by atoms with Crippen LogP contribution >= 0.6 is 11.8 Å². The van der Waals surface area contributed by atoms with Crippen LogP contribution in [-0.2, 0) is 19.4 Å². The van der Waals surface area contributed by atoms with Gasteiger partial charge in [0.2, 0.25) is 11.7 Å². The molecule has 0 spiro atoms. The van der Waals surface area contributed by atoms with Crippen molar-refractivity contribution in [3.63, 3.8) is 0 Å². The summed E-state index contributed by atoms with van der Waals surface area (Å²) in [6, 6.07) is 7.60. The summed E-state index contributed by atoms with van der Waals surface area (Å²) in [7, 11) is 1.89. The first-order chi connectivity index (χ1) is 13.6. The summed E-state index contributed by atoms with van der Waals surface area (Å²) >= 11 is 1.43. The number of thioether (sulfide) groups is 1. The molecule has 0 saturated heterocycles. The molecule has 4 rings (SSSR count). The summed E-state index contributed by atoms with van der Waals surface area (Å²) in [5.41, 5.74) is 0.903. The van der Waals surface area contributed by atoms with Crippen LogP contribution in [0.25, 0.3) is 11.4 Å². The van der Waals surface area contributed by atoms with Crippen LogP contribution in [-0.4, -0.2) is 24.9 Å². The second kappa shape index (κ2) is 7.85. The summed E-state index contributed by atoms with van der Waals surface area (Å²) in [4.78, 5) is 4.29. The number of furan rings is 1. The Morgan fingerprint density at radius 1 is 1.18 bits per heavy atom. The Bertz CT molecular complexity index is 1070. The maximum atomic E-state index is 12.9. The number of halogens is 1. The normalized spacial score (nSPS) is 11.1. The molecule has 28 heavy (non-hydrogen) atoms. The number of nitrogens with zero attached hydrogens (tertiary/aromatic N) is 5. The first-order valence-electron chi connectivity index (χ1n) is 8.36. The van der Waals surface area contributed by atoms with Gasteiger partial charge in [-0.25, -0.2) is 4.39 Å². The highest BCUT2D eigenvalue weighted by molar-refractivity contribution is 7.98. The fourth-order valence-corrected chi connectivity index (χ4v) is 3.25. The molecule has 3 heterocycles. The number of rotatable bonds is 7. The molecule has 8 nitrogen and oxygen atoms in total. The Labute approximate surface area is 163 Å². The predicted molar refractivity (Wildman–Crippen MR) is 98.0 cm³/mol. The smallest absolute Gasteiger partial charge is 0.237 e. The monoisotopic (exact) mass is 401 g/mol. The SMILES string of the molecule is Cc1occc1-c1nnc(SCc2nc(COc3ccc(F)cc3)no2)n1C. The number of ether oxygens (including phenoxy) is 1. The number of aryl methyl sites for hydroxylation is 1. The lowest BCUT2D eigenvalue weighted by Gasteiger charge is -2.02. The van der Waals surface area contributed by atoms with Crippen molar-refractivity contribution in [2.75, 3.05) is 0 Å². The minimum absolute atomic E-state index is 0.133. The molecule has 0 fully saturated rings. The van der Waals surface area contributed by atoms with Gasteiger partial charge in [-0.15, -0.1) is 10.2 Å². The summed E-state index contributed by atoms with van der Waals surface area (Å²) in [5, 5.41) is 13.0. The fraction of sp³-hybridized carbons (Fsp3) is 0.222. The zero-order valence-electron chi connectivity index (χ0n) is 15.1. The zero-order valence-corrected chi connectivity index (χ0v) is 15.9. The molecule has 10 heteroatoms. The standard InChI is InChI=1S/C18H16FN5O3S/c1-11-14(7-8-25-11)17-21-22-18(24(17)2)28-10-16-20-15(23-27-16)9-26-13-5-3-12(19)4-6-13/h3-8H,9-10H2,1-2H3. The van der Waals surface area contributed by atoms with E-state index in [0.717, 1.165) is 22.3 Å². The number of hydrogen-bond acceptors (Lipinski definition) is 8. The van der Waals surface area contributed by atoms with Crippen LogP contribution in [0.5, 0.6) is 5.75 Å². The Balaban J connectivity index is 1.35. The fourth-order valence-electron chi connectivity index (χ4n) is 2.50. The van der Waals surface area contributed by atoms with Crippen molar-refractivity contribution in [2.24, 2.45) is 7.05 Å². The van der Waals surface area contributed by atoms with E-state index in [1.807, 2.05) is 24.6 Å². The molecule has 3 aromatic heterocycles. The van der Waals surface area contributed by atoms with E-state index in [1.54, 1.807) is 18.4 Å². The third-order valence-corrected chi connectivity index (χ3v) is 4.96. The van der Waals surface area contributed by atoms with E-state index >= 15 is 0 Å². The molecular formula is C18H16FN5O3S. The van der Waals surface area contributed by atoms with Gasteiger partial charge in [0, 0.05) is 7.05 Å². The molecular weight excluding hydrogens is 385 g/mol. The van der Waals surface area contributed by atoms with Crippen LogP contribution < -0.4 is 4.74 Å². The Kier molecular flexibility index (Phi) is 5.11. The Morgan fingerprint density at radius 2 is 2.00 bits per heavy atom. The van der Waals surface area contributed by atoms with Crippen LogP contribution in [0.2, 0.25) is 0 Å². The minimum atomic E-state index is -0.318. The van der Waals surface area contributed by atoms with Crippen molar-refractivity contribution >= 4 is 11.8 Å². The lowest BCUT2D eigenvalue weighted by Crippen LogP contribution is -1.98. The predicted octanol–water partition coefficient (Wildman–Crippen LogP) is 3.78. The highest BCUT2D eigenvalue weighted by Gasteiger charge is 2.16. The molecule has 0 N–H and O–H groups in total. The van der Waals surface area contributed by atoms with Gasteiger partial charge in [0.25, 0.3) is 0 Å². The van der Waals surface area contributed by atoms with Crippen molar-refractivity contribution < 1.29 is 18.1 Å². The van der Waals surface area contributed by atoms with Crippen LogP contribution in [0.3, 0.4) is 0 Å². The summed E-state index contributed by atoms with van der Waals surface area (Å²) in [6.07, 6.45) is 1.63. The van der Waals surface area contributed by atoms with Gasteiger partial charge in [-0.05, 0) is 37.3 Å². The van der Waals surface area contributed by atoms with Crippen molar-refractivity contribution in [1.29, 1.82) is 0 Å². The van der Waals surface area contributed by atoms with Crippen molar-refractivity contribution in [3.8, 4) is 17.1 Å². The quantitative estimate of drug-likeness (QED) is 0.432.